The van der Waals surface area contributed by atoms with Gasteiger partial charge in [-0.1, -0.05) is 33.6 Å². The summed E-state index contributed by atoms with van der Waals surface area (Å²) >= 11 is 0. The van der Waals surface area contributed by atoms with E-state index in [2.05, 4.69) is 26.1 Å². The van der Waals surface area contributed by atoms with Crippen LogP contribution >= 0.6 is 0 Å². The van der Waals surface area contributed by atoms with Gasteiger partial charge in [0.1, 0.15) is 0 Å². The first-order valence-electron chi connectivity index (χ1n) is 6.35. The quantitative estimate of drug-likeness (QED) is 0.711. The summed E-state index contributed by atoms with van der Waals surface area (Å²) in [5, 5.41) is 12.7. The third-order valence-corrected chi connectivity index (χ3v) is 3.95. The molecule has 2 nitrogen and oxygen atoms in total. The van der Waals surface area contributed by atoms with Gasteiger partial charge in [-0.15, -0.1) is 0 Å². The summed E-state index contributed by atoms with van der Waals surface area (Å²) in [5.74, 6) is 0. The molecule has 0 aromatic rings. The maximum Gasteiger partial charge on any atom is 0.0494 e. The van der Waals surface area contributed by atoms with Gasteiger partial charge in [-0.05, 0) is 24.7 Å². The summed E-state index contributed by atoms with van der Waals surface area (Å²) in [7, 11) is 0. The van der Waals surface area contributed by atoms with Gasteiger partial charge in [-0.25, -0.2) is 0 Å². The summed E-state index contributed by atoms with van der Waals surface area (Å²) in [6.07, 6.45) is 6.86. The molecule has 0 aromatic heterocycles. The van der Waals surface area contributed by atoms with Gasteiger partial charge in [-0.3, -0.25) is 0 Å². The van der Waals surface area contributed by atoms with Crippen molar-refractivity contribution in [1.29, 1.82) is 0 Å². The summed E-state index contributed by atoms with van der Waals surface area (Å²) in [5.41, 5.74) is 0.582. The molecule has 1 saturated carbocycles. The van der Waals surface area contributed by atoms with E-state index in [0.29, 0.717) is 5.41 Å². The van der Waals surface area contributed by atoms with Crippen molar-refractivity contribution in [2.24, 2.45) is 10.8 Å². The minimum atomic E-state index is 0.0214. The normalized spacial score (nSPS) is 20.8. The molecule has 1 rings (SSSR count). The molecule has 0 bridgehead atoms. The third kappa shape index (κ3) is 3.76. The molecule has 1 fully saturated rings. The predicted octanol–water partition coefficient (Wildman–Crippen LogP) is 2.56. The molecule has 90 valence electrons. The molecule has 2 N–H and O–H groups in total. The first-order chi connectivity index (χ1) is 7.04. The van der Waals surface area contributed by atoms with E-state index < -0.39 is 0 Å². The van der Waals surface area contributed by atoms with Gasteiger partial charge >= 0.3 is 0 Å². The van der Waals surface area contributed by atoms with E-state index in [0.717, 1.165) is 13.1 Å². The molecule has 0 heterocycles. The van der Waals surface area contributed by atoms with Crippen molar-refractivity contribution in [2.45, 2.75) is 52.9 Å². The Morgan fingerprint density at radius 2 is 1.87 bits per heavy atom. The standard InChI is InChI=1S/C13H27NO/c1-4-13(7-5-6-8-13)10-14-9-12(2,3)11-15/h14-15H,4-11H2,1-3H3. The summed E-state index contributed by atoms with van der Waals surface area (Å²) in [6, 6.07) is 0. The van der Waals surface area contributed by atoms with Crippen LogP contribution in [0.2, 0.25) is 0 Å². The van der Waals surface area contributed by atoms with E-state index in [9.17, 15) is 0 Å². The van der Waals surface area contributed by atoms with E-state index in [1.165, 1.54) is 32.1 Å². The van der Waals surface area contributed by atoms with E-state index in [1.54, 1.807) is 0 Å². The second-order valence-electron chi connectivity index (χ2n) is 5.99. The maximum absolute atomic E-state index is 9.17. The lowest BCUT2D eigenvalue weighted by atomic mass is 9.83. The molecule has 1 aliphatic carbocycles. The van der Waals surface area contributed by atoms with Gasteiger partial charge in [0, 0.05) is 25.1 Å². The van der Waals surface area contributed by atoms with Crippen LogP contribution in [0.15, 0.2) is 0 Å². The number of nitrogens with one attached hydrogen (secondary N) is 1. The lowest BCUT2D eigenvalue weighted by molar-refractivity contribution is 0.149. The number of aliphatic hydroxyl groups excluding tert-OH is 1. The minimum Gasteiger partial charge on any atom is -0.396 e. The largest absolute Gasteiger partial charge is 0.396 e. The molecular weight excluding hydrogens is 186 g/mol. The minimum absolute atomic E-state index is 0.0214. The summed E-state index contributed by atoms with van der Waals surface area (Å²) in [6.45, 7) is 8.84. The van der Waals surface area contributed by atoms with Gasteiger partial charge in [0.2, 0.25) is 0 Å². The zero-order chi connectivity index (χ0) is 11.4. The number of hydrogen-bond donors (Lipinski definition) is 2. The van der Waals surface area contributed by atoms with Crippen molar-refractivity contribution >= 4 is 0 Å². The fourth-order valence-corrected chi connectivity index (χ4v) is 2.50. The molecule has 0 aliphatic heterocycles. The highest BCUT2D eigenvalue weighted by Gasteiger charge is 2.31. The van der Waals surface area contributed by atoms with Gasteiger partial charge in [0.25, 0.3) is 0 Å². The Bertz CT molecular complexity index is 183. The lowest BCUT2D eigenvalue weighted by Gasteiger charge is -2.30. The third-order valence-electron chi connectivity index (χ3n) is 3.95. The Morgan fingerprint density at radius 1 is 1.27 bits per heavy atom. The molecule has 15 heavy (non-hydrogen) atoms. The molecule has 0 saturated heterocycles. The van der Waals surface area contributed by atoms with Crippen LogP contribution in [0.5, 0.6) is 0 Å². The molecule has 0 radical (unpaired) electrons. The molecule has 2 heteroatoms. The second kappa shape index (κ2) is 5.31. The van der Waals surface area contributed by atoms with Crippen molar-refractivity contribution in [1.82, 2.24) is 5.32 Å². The Hall–Kier alpha value is -0.0800. The topological polar surface area (TPSA) is 32.3 Å². The van der Waals surface area contributed by atoms with Gasteiger partial charge in [0.15, 0.2) is 0 Å². The Labute approximate surface area is 94.5 Å². The van der Waals surface area contributed by atoms with E-state index in [-0.39, 0.29) is 12.0 Å². The molecule has 0 atom stereocenters. The fraction of sp³-hybridized carbons (Fsp3) is 1.00. The van der Waals surface area contributed by atoms with Crippen molar-refractivity contribution < 1.29 is 5.11 Å². The average Bonchev–Trinajstić information content (AvgIpc) is 2.67. The maximum atomic E-state index is 9.17. The van der Waals surface area contributed by atoms with Crippen LogP contribution in [-0.4, -0.2) is 24.8 Å². The monoisotopic (exact) mass is 213 g/mol. The van der Waals surface area contributed by atoms with E-state index >= 15 is 0 Å². The lowest BCUT2D eigenvalue weighted by Crippen LogP contribution is -2.38. The predicted molar refractivity (Wildman–Crippen MR) is 64.9 cm³/mol. The van der Waals surface area contributed by atoms with Crippen LogP contribution in [0.4, 0.5) is 0 Å². The molecular formula is C13H27NO. The zero-order valence-electron chi connectivity index (χ0n) is 10.6. The molecule has 0 spiro atoms. The molecule has 0 unspecified atom stereocenters. The van der Waals surface area contributed by atoms with Crippen LogP contribution < -0.4 is 5.32 Å². The van der Waals surface area contributed by atoms with Crippen molar-refractivity contribution in [3.05, 3.63) is 0 Å². The van der Waals surface area contributed by atoms with Gasteiger partial charge < -0.3 is 10.4 Å². The van der Waals surface area contributed by atoms with Crippen molar-refractivity contribution in [2.75, 3.05) is 19.7 Å². The Kier molecular flexibility index (Phi) is 4.60. The SMILES string of the molecule is CCC1(CNCC(C)(C)CO)CCCC1. The number of hydrogen-bond acceptors (Lipinski definition) is 2. The highest BCUT2D eigenvalue weighted by Crippen LogP contribution is 2.40. The van der Waals surface area contributed by atoms with Gasteiger partial charge in [0.05, 0.1) is 0 Å². The zero-order valence-corrected chi connectivity index (χ0v) is 10.6. The van der Waals surface area contributed by atoms with Crippen molar-refractivity contribution in [3.63, 3.8) is 0 Å². The molecule has 1 aliphatic rings. The highest BCUT2D eigenvalue weighted by atomic mass is 16.3. The summed E-state index contributed by atoms with van der Waals surface area (Å²) in [4.78, 5) is 0. The highest BCUT2D eigenvalue weighted by molar-refractivity contribution is 4.86. The molecule has 0 aromatic carbocycles. The number of aliphatic hydroxyl groups is 1. The average molecular weight is 213 g/mol. The van der Waals surface area contributed by atoms with Crippen LogP contribution in [0.25, 0.3) is 0 Å². The Balaban J connectivity index is 2.29. The van der Waals surface area contributed by atoms with E-state index in [1.807, 2.05) is 0 Å². The smallest absolute Gasteiger partial charge is 0.0494 e. The fourth-order valence-electron chi connectivity index (χ4n) is 2.50. The van der Waals surface area contributed by atoms with Crippen molar-refractivity contribution in [3.8, 4) is 0 Å². The number of rotatable bonds is 6. The van der Waals surface area contributed by atoms with Crippen LogP contribution in [0.3, 0.4) is 0 Å². The van der Waals surface area contributed by atoms with Crippen LogP contribution in [0.1, 0.15) is 52.9 Å². The van der Waals surface area contributed by atoms with Gasteiger partial charge in [-0.2, -0.15) is 0 Å². The Morgan fingerprint density at radius 3 is 2.33 bits per heavy atom. The second-order valence-corrected chi connectivity index (χ2v) is 5.99. The first-order valence-corrected chi connectivity index (χ1v) is 6.35. The molecule has 0 amide bonds. The summed E-state index contributed by atoms with van der Waals surface area (Å²) < 4.78 is 0. The van der Waals surface area contributed by atoms with Crippen LogP contribution in [0, 0.1) is 10.8 Å². The first kappa shape index (κ1) is 13.0. The van der Waals surface area contributed by atoms with E-state index in [4.69, 9.17) is 5.11 Å². The van der Waals surface area contributed by atoms with Crippen LogP contribution in [-0.2, 0) is 0 Å².